The summed E-state index contributed by atoms with van der Waals surface area (Å²) in [7, 11) is 0. The van der Waals surface area contributed by atoms with Crippen LogP contribution in [0.2, 0.25) is 0 Å². The maximum absolute atomic E-state index is 12.9. The summed E-state index contributed by atoms with van der Waals surface area (Å²) in [6, 6.07) is 13.5. The number of nitroso groups, excluding NO2 is 1. The number of ketones is 1. The first-order chi connectivity index (χ1) is 14.5. The minimum atomic E-state index is -0.654. The lowest BCUT2D eigenvalue weighted by Crippen LogP contribution is -2.56. The molecule has 2 heterocycles. The largest absolute Gasteiger partial charge is 0.359 e. The highest BCUT2D eigenvalue weighted by Gasteiger charge is 2.34. The van der Waals surface area contributed by atoms with Gasteiger partial charge in [-0.05, 0) is 30.3 Å². The fraction of sp³-hybridized carbons (Fsp3) is 0.227. The van der Waals surface area contributed by atoms with Crippen LogP contribution in [0.1, 0.15) is 27.6 Å². The Labute approximate surface area is 172 Å². The smallest absolute Gasteiger partial charge is 0.295 e. The van der Waals surface area contributed by atoms with E-state index < -0.39 is 11.7 Å². The number of rotatable bonds is 4. The number of para-hydroxylation sites is 1. The van der Waals surface area contributed by atoms with Crippen LogP contribution in [-0.2, 0) is 4.79 Å². The van der Waals surface area contributed by atoms with Gasteiger partial charge in [0.05, 0.1) is 11.1 Å². The Hall–Kier alpha value is -3.81. The number of Topliss-reactive ketones (excluding diaryl/α,β-unsaturated/α-hetero) is 1. The summed E-state index contributed by atoms with van der Waals surface area (Å²) in [4.78, 5) is 55.5. The molecule has 8 heteroatoms. The highest BCUT2D eigenvalue weighted by Crippen LogP contribution is 2.28. The number of piperazine rings is 1. The van der Waals surface area contributed by atoms with E-state index >= 15 is 0 Å². The number of amides is 2. The van der Waals surface area contributed by atoms with E-state index in [0.717, 1.165) is 0 Å². The van der Waals surface area contributed by atoms with Crippen molar-refractivity contribution in [2.75, 3.05) is 19.6 Å². The van der Waals surface area contributed by atoms with E-state index in [4.69, 9.17) is 0 Å². The molecular formula is C22H20N4O4. The van der Waals surface area contributed by atoms with Crippen molar-refractivity contribution in [1.29, 1.82) is 0 Å². The van der Waals surface area contributed by atoms with E-state index in [1.165, 1.54) is 17.2 Å². The van der Waals surface area contributed by atoms with Gasteiger partial charge in [-0.25, -0.2) is 0 Å². The lowest BCUT2D eigenvalue weighted by Gasteiger charge is -2.39. The van der Waals surface area contributed by atoms with Crippen LogP contribution < -0.4 is 0 Å². The Bertz CT molecular complexity index is 1140. The molecule has 1 aromatic heterocycles. The Morgan fingerprint density at radius 2 is 1.80 bits per heavy atom. The van der Waals surface area contributed by atoms with Crippen molar-refractivity contribution in [3.05, 3.63) is 70.8 Å². The molecule has 3 aromatic rings. The number of aromatic nitrogens is 1. The number of nitrogens with one attached hydrogen (secondary N) is 1. The third-order valence-electron chi connectivity index (χ3n) is 5.43. The number of fused-ring (bicyclic) bond motifs is 1. The van der Waals surface area contributed by atoms with Crippen molar-refractivity contribution in [3.8, 4) is 0 Å². The molecule has 1 aliphatic rings. The molecule has 1 fully saturated rings. The van der Waals surface area contributed by atoms with Gasteiger partial charge >= 0.3 is 0 Å². The van der Waals surface area contributed by atoms with E-state index in [-0.39, 0.29) is 29.7 Å². The van der Waals surface area contributed by atoms with Crippen LogP contribution in [0.3, 0.4) is 0 Å². The fourth-order valence-corrected chi connectivity index (χ4v) is 3.86. The fourth-order valence-electron chi connectivity index (χ4n) is 3.86. The molecule has 8 nitrogen and oxygen atoms in total. The van der Waals surface area contributed by atoms with Crippen LogP contribution in [0.4, 0.5) is 5.69 Å². The van der Waals surface area contributed by atoms with Gasteiger partial charge in [-0.15, -0.1) is 4.91 Å². The summed E-state index contributed by atoms with van der Waals surface area (Å²) in [5.74, 6) is -1.37. The van der Waals surface area contributed by atoms with Crippen LogP contribution >= 0.6 is 0 Å². The number of H-pyrrole nitrogens is 1. The maximum Gasteiger partial charge on any atom is 0.295 e. The highest BCUT2D eigenvalue weighted by molar-refractivity contribution is 6.45. The molecule has 1 N–H and O–H groups in total. The molecule has 2 aromatic carbocycles. The number of hydrogen-bond donors (Lipinski definition) is 1. The van der Waals surface area contributed by atoms with E-state index in [1.807, 2.05) is 25.1 Å². The number of aromatic amines is 1. The van der Waals surface area contributed by atoms with E-state index in [9.17, 15) is 19.3 Å². The van der Waals surface area contributed by atoms with Crippen LogP contribution in [0.25, 0.3) is 10.9 Å². The third-order valence-corrected chi connectivity index (χ3v) is 5.43. The number of hydrogen-bond acceptors (Lipinski definition) is 5. The number of carbonyl (C=O) groups excluding carboxylic acids is 3. The van der Waals surface area contributed by atoms with Crippen LogP contribution in [0.5, 0.6) is 0 Å². The molecule has 1 atom stereocenters. The van der Waals surface area contributed by atoms with Gasteiger partial charge in [0.1, 0.15) is 5.69 Å². The first-order valence-electron chi connectivity index (χ1n) is 9.64. The Morgan fingerprint density at radius 1 is 1.03 bits per heavy atom. The summed E-state index contributed by atoms with van der Waals surface area (Å²) in [5.41, 5.74) is 1.41. The van der Waals surface area contributed by atoms with E-state index in [0.29, 0.717) is 29.6 Å². The second kappa shape index (κ2) is 7.90. The quantitative estimate of drug-likeness (QED) is 0.410. The van der Waals surface area contributed by atoms with Gasteiger partial charge in [0.25, 0.3) is 17.6 Å². The predicted octanol–water partition coefficient (Wildman–Crippen LogP) is 3.12. The van der Waals surface area contributed by atoms with Gasteiger partial charge in [0, 0.05) is 42.8 Å². The number of benzene rings is 2. The minimum absolute atomic E-state index is 0.0913. The van der Waals surface area contributed by atoms with Gasteiger partial charge in [-0.3, -0.25) is 14.4 Å². The first kappa shape index (κ1) is 19.5. The highest BCUT2D eigenvalue weighted by atomic mass is 16.3. The second-order valence-corrected chi connectivity index (χ2v) is 7.29. The van der Waals surface area contributed by atoms with Crippen molar-refractivity contribution in [1.82, 2.24) is 14.8 Å². The van der Waals surface area contributed by atoms with Crippen molar-refractivity contribution in [2.24, 2.45) is 5.18 Å². The normalized spacial score (nSPS) is 16.5. The molecular weight excluding hydrogens is 384 g/mol. The van der Waals surface area contributed by atoms with Crippen molar-refractivity contribution < 1.29 is 14.4 Å². The summed E-state index contributed by atoms with van der Waals surface area (Å²) in [5, 5.41) is 3.42. The maximum atomic E-state index is 12.9. The number of nitrogens with zero attached hydrogens (tertiary/aromatic N) is 3. The molecule has 4 rings (SSSR count). The average molecular weight is 404 g/mol. The van der Waals surface area contributed by atoms with Gasteiger partial charge in [0.15, 0.2) is 0 Å². The zero-order valence-corrected chi connectivity index (χ0v) is 16.4. The topological polar surface area (TPSA) is 103 Å². The van der Waals surface area contributed by atoms with Gasteiger partial charge in [-0.2, -0.15) is 0 Å². The molecule has 1 unspecified atom stereocenters. The molecule has 0 radical (unpaired) electrons. The molecule has 30 heavy (non-hydrogen) atoms. The summed E-state index contributed by atoms with van der Waals surface area (Å²) >= 11 is 0. The summed E-state index contributed by atoms with van der Waals surface area (Å²) in [6.07, 6.45) is 1.43. The van der Waals surface area contributed by atoms with Crippen LogP contribution in [0, 0.1) is 4.91 Å². The Kier molecular flexibility index (Phi) is 5.14. The van der Waals surface area contributed by atoms with Crippen molar-refractivity contribution in [2.45, 2.75) is 13.0 Å². The monoisotopic (exact) mass is 404 g/mol. The summed E-state index contributed by atoms with van der Waals surface area (Å²) < 4.78 is 0. The molecule has 1 aliphatic heterocycles. The molecule has 0 saturated carbocycles. The molecule has 2 amide bonds. The van der Waals surface area contributed by atoms with Gasteiger partial charge in [-0.1, -0.05) is 30.3 Å². The molecule has 1 saturated heterocycles. The van der Waals surface area contributed by atoms with Crippen LogP contribution in [0.15, 0.2) is 59.9 Å². The van der Waals surface area contributed by atoms with Crippen molar-refractivity contribution >= 4 is 34.2 Å². The summed E-state index contributed by atoms with van der Waals surface area (Å²) in [6.45, 7) is 2.79. The Morgan fingerprint density at radius 3 is 2.50 bits per heavy atom. The van der Waals surface area contributed by atoms with Gasteiger partial charge in [0.2, 0.25) is 0 Å². The average Bonchev–Trinajstić information content (AvgIpc) is 3.22. The first-order valence-corrected chi connectivity index (χ1v) is 9.64. The van der Waals surface area contributed by atoms with Gasteiger partial charge < -0.3 is 14.8 Å². The molecule has 0 bridgehead atoms. The zero-order valence-electron chi connectivity index (χ0n) is 16.4. The molecule has 0 aliphatic carbocycles. The SMILES string of the molecule is CC1CN(C(=O)c2ccccc2)CCN1C(=O)C(=O)c1c[nH]c2c(N=O)cccc12. The van der Waals surface area contributed by atoms with E-state index in [2.05, 4.69) is 10.2 Å². The zero-order chi connectivity index (χ0) is 21.3. The predicted molar refractivity (Wildman–Crippen MR) is 112 cm³/mol. The lowest BCUT2D eigenvalue weighted by atomic mass is 10.1. The minimum Gasteiger partial charge on any atom is -0.359 e. The van der Waals surface area contributed by atoms with Crippen molar-refractivity contribution in [3.63, 3.8) is 0 Å². The second-order valence-electron chi connectivity index (χ2n) is 7.29. The standard InChI is InChI=1S/C22H20N4O4/c1-14-13-25(21(28)15-6-3-2-4-7-15)10-11-26(14)22(29)20(27)17-12-23-19-16(17)8-5-9-18(19)24-30/h2-9,12,14,23H,10-11,13H2,1H3. The molecule has 152 valence electrons. The number of carbonyl (C=O) groups is 3. The Balaban J connectivity index is 1.50. The lowest BCUT2D eigenvalue weighted by molar-refractivity contribution is -0.130. The van der Waals surface area contributed by atoms with Crippen LogP contribution in [-0.4, -0.2) is 58.1 Å². The third kappa shape index (κ3) is 3.36. The van der Waals surface area contributed by atoms with E-state index in [1.54, 1.807) is 29.2 Å². The molecule has 0 spiro atoms.